The number of carbonyl (C=O) groups excluding carboxylic acids is 2. The van der Waals surface area contributed by atoms with Crippen molar-refractivity contribution < 1.29 is 19.1 Å². The summed E-state index contributed by atoms with van der Waals surface area (Å²) in [5.41, 5.74) is 1.96. The normalized spacial score (nSPS) is 14.1. The average Bonchev–Trinajstić information content (AvgIpc) is 2.89. The third-order valence-electron chi connectivity index (χ3n) is 5.87. The topological polar surface area (TPSA) is 103 Å². The minimum atomic E-state index is -0.513. The largest absolute Gasteiger partial charge is 0.465 e. The predicted molar refractivity (Wildman–Crippen MR) is 140 cm³/mol. The standard InChI is InChI=1S/C25H27ClN4O5S/c1-16-3-5-18(14-20(16)26)27-22(31)15-36-25-28-21-13-17(24(33)34-2)4-6-19(21)23(32)30(25)8-7-29-9-11-35-12-10-29/h3-6,13-14H,7-12,15H2,1-2H3,(H,27,31). The zero-order chi connectivity index (χ0) is 25.7. The lowest BCUT2D eigenvalue weighted by molar-refractivity contribution is -0.113. The van der Waals surface area contributed by atoms with Crippen molar-refractivity contribution in [2.75, 3.05) is 51.0 Å². The Morgan fingerprint density at radius 2 is 1.94 bits per heavy atom. The first kappa shape index (κ1) is 26.2. The van der Waals surface area contributed by atoms with Crippen LogP contribution in [0.25, 0.3) is 10.9 Å². The highest BCUT2D eigenvalue weighted by atomic mass is 35.5. The van der Waals surface area contributed by atoms with Crippen LogP contribution in [0.5, 0.6) is 0 Å². The maximum absolute atomic E-state index is 13.4. The number of carbonyl (C=O) groups is 2. The molecular weight excluding hydrogens is 504 g/mol. The zero-order valence-corrected chi connectivity index (χ0v) is 21.7. The highest BCUT2D eigenvalue weighted by Gasteiger charge is 2.17. The molecule has 0 aliphatic carbocycles. The molecule has 2 heterocycles. The van der Waals surface area contributed by atoms with Crippen LogP contribution in [0.3, 0.4) is 0 Å². The van der Waals surface area contributed by atoms with Gasteiger partial charge in [-0.2, -0.15) is 0 Å². The molecule has 1 aromatic heterocycles. The van der Waals surface area contributed by atoms with Crippen molar-refractivity contribution in [1.82, 2.24) is 14.5 Å². The molecule has 1 amide bonds. The molecule has 1 N–H and O–H groups in total. The zero-order valence-electron chi connectivity index (χ0n) is 20.1. The Balaban J connectivity index is 1.59. The number of fused-ring (bicyclic) bond motifs is 1. The summed E-state index contributed by atoms with van der Waals surface area (Å²) in [6, 6.07) is 9.98. The van der Waals surface area contributed by atoms with Gasteiger partial charge in [-0.1, -0.05) is 29.4 Å². The summed E-state index contributed by atoms with van der Waals surface area (Å²) in [7, 11) is 1.30. The van der Waals surface area contributed by atoms with Crippen LogP contribution < -0.4 is 10.9 Å². The lowest BCUT2D eigenvalue weighted by atomic mass is 10.1. The minimum absolute atomic E-state index is 0.0394. The molecule has 0 bridgehead atoms. The van der Waals surface area contributed by atoms with E-state index in [-0.39, 0.29) is 17.2 Å². The fourth-order valence-corrected chi connectivity index (χ4v) is 4.82. The number of anilines is 1. The number of benzene rings is 2. The maximum atomic E-state index is 13.4. The molecule has 0 spiro atoms. The lowest BCUT2D eigenvalue weighted by Crippen LogP contribution is -2.39. The van der Waals surface area contributed by atoms with Gasteiger partial charge >= 0.3 is 5.97 Å². The molecule has 1 fully saturated rings. The van der Waals surface area contributed by atoms with Gasteiger partial charge in [-0.3, -0.25) is 19.1 Å². The number of esters is 1. The van der Waals surface area contributed by atoms with Crippen molar-refractivity contribution in [3.8, 4) is 0 Å². The number of rotatable bonds is 8. The van der Waals surface area contributed by atoms with Gasteiger partial charge in [0.25, 0.3) is 5.56 Å². The fraction of sp³-hybridized carbons (Fsp3) is 0.360. The van der Waals surface area contributed by atoms with Crippen LogP contribution in [-0.4, -0.2) is 72.0 Å². The molecule has 11 heteroatoms. The lowest BCUT2D eigenvalue weighted by Gasteiger charge is -2.27. The van der Waals surface area contributed by atoms with Crippen molar-refractivity contribution in [2.45, 2.75) is 18.6 Å². The number of amides is 1. The van der Waals surface area contributed by atoms with Gasteiger partial charge in [0.2, 0.25) is 5.91 Å². The Kier molecular flexibility index (Phi) is 8.63. The second kappa shape index (κ2) is 11.9. The van der Waals surface area contributed by atoms with Gasteiger partial charge in [-0.15, -0.1) is 0 Å². The number of methoxy groups -OCH3 is 1. The van der Waals surface area contributed by atoms with Crippen LogP contribution in [0, 0.1) is 6.92 Å². The van der Waals surface area contributed by atoms with E-state index < -0.39 is 5.97 Å². The van der Waals surface area contributed by atoms with Gasteiger partial charge in [-0.25, -0.2) is 9.78 Å². The summed E-state index contributed by atoms with van der Waals surface area (Å²) in [5.74, 6) is -0.727. The fourth-order valence-electron chi connectivity index (χ4n) is 3.82. The Labute approximate surface area is 217 Å². The molecule has 1 saturated heterocycles. The summed E-state index contributed by atoms with van der Waals surface area (Å²) >= 11 is 7.32. The molecule has 36 heavy (non-hydrogen) atoms. The number of aryl methyl sites for hydroxylation is 1. The van der Waals surface area contributed by atoms with E-state index in [1.807, 2.05) is 13.0 Å². The van der Waals surface area contributed by atoms with Gasteiger partial charge in [0.15, 0.2) is 5.16 Å². The van der Waals surface area contributed by atoms with Gasteiger partial charge in [0, 0.05) is 36.9 Å². The van der Waals surface area contributed by atoms with E-state index in [1.54, 1.807) is 28.8 Å². The summed E-state index contributed by atoms with van der Waals surface area (Å²) in [5, 5.41) is 4.19. The smallest absolute Gasteiger partial charge is 0.337 e. The molecule has 190 valence electrons. The Morgan fingerprint density at radius 3 is 2.67 bits per heavy atom. The third-order valence-corrected chi connectivity index (χ3v) is 7.26. The van der Waals surface area contributed by atoms with E-state index in [4.69, 9.17) is 21.1 Å². The van der Waals surface area contributed by atoms with Gasteiger partial charge < -0.3 is 14.8 Å². The van der Waals surface area contributed by atoms with Gasteiger partial charge in [0.1, 0.15) is 0 Å². The van der Waals surface area contributed by atoms with Crippen molar-refractivity contribution in [2.24, 2.45) is 0 Å². The second-order valence-corrected chi connectivity index (χ2v) is 9.68. The number of aromatic nitrogens is 2. The molecule has 0 unspecified atom stereocenters. The molecular formula is C25H27ClN4O5S. The number of nitrogens with zero attached hydrogens (tertiary/aromatic N) is 3. The summed E-state index contributed by atoms with van der Waals surface area (Å²) < 4.78 is 11.8. The van der Waals surface area contributed by atoms with Crippen LogP contribution in [0.4, 0.5) is 5.69 Å². The highest BCUT2D eigenvalue weighted by molar-refractivity contribution is 7.99. The van der Waals surface area contributed by atoms with Crippen LogP contribution in [0.2, 0.25) is 5.02 Å². The molecule has 1 aliphatic heterocycles. The van der Waals surface area contributed by atoms with Crippen molar-refractivity contribution >= 4 is 51.8 Å². The SMILES string of the molecule is COC(=O)c1ccc2c(=O)n(CCN3CCOCC3)c(SCC(=O)Nc3ccc(C)c(Cl)c3)nc2c1. The number of morpholine rings is 1. The monoisotopic (exact) mass is 530 g/mol. The number of nitrogens with one attached hydrogen (secondary N) is 1. The highest BCUT2D eigenvalue weighted by Crippen LogP contribution is 2.22. The van der Waals surface area contributed by atoms with Crippen molar-refractivity contribution in [3.63, 3.8) is 0 Å². The Hall–Kier alpha value is -2.92. The van der Waals surface area contributed by atoms with Crippen molar-refractivity contribution in [3.05, 3.63) is 62.9 Å². The molecule has 1 aliphatic rings. The van der Waals surface area contributed by atoms with E-state index >= 15 is 0 Å². The maximum Gasteiger partial charge on any atom is 0.337 e. The average molecular weight is 531 g/mol. The first-order valence-corrected chi connectivity index (χ1v) is 12.8. The number of thioether (sulfide) groups is 1. The Bertz CT molecular complexity index is 1340. The number of hydrogen-bond donors (Lipinski definition) is 1. The molecule has 0 radical (unpaired) electrons. The predicted octanol–water partition coefficient (Wildman–Crippen LogP) is 3.21. The van der Waals surface area contributed by atoms with Crippen LogP contribution in [0.15, 0.2) is 46.3 Å². The quantitative estimate of drug-likeness (QED) is 0.269. The van der Waals surface area contributed by atoms with Crippen LogP contribution in [0.1, 0.15) is 15.9 Å². The first-order chi connectivity index (χ1) is 17.4. The molecule has 2 aromatic carbocycles. The second-order valence-electron chi connectivity index (χ2n) is 8.33. The molecule has 0 saturated carbocycles. The number of hydrogen-bond acceptors (Lipinski definition) is 8. The van der Waals surface area contributed by atoms with Gasteiger partial charge in [0.05, 0.1) is 42.5 Å². The number of halogens is 1. The number of ether oxygens (including phenoxy) is 2. The van der Waals surface area contributed by atoms with Gasteiger partial charge in [-0.05, 0) is 42.8 Å². The van der Waals surface area contributed by atoms with Crippen molar-refractivity contribution in [1.29, 1.82) is 0 Å². The van der Waals surface area contributed by atoms with Crippen LogP contribution >= 0.6 is 23.4 Å². The minimum Gasteiger partial charge on any atom is -0.465 e. The molecule has 9 nitrogen and oxygen atoms in total. The summed E-state index contributed by atoms with van der Waals surface area (Å²) in [4.78, 5) is 44.9. The Morgan fingerprint density at radius 1 is 1.17 bits per heavy atom. The molecule has 3 aromatic rings. The van der Waals surface area contributed by atoms with E-state index in [2.05, 4.69) is 15.2 Å². The third kappa shape index (κ3) is 6.25. The molecule has 0 atom stereocenters. The van der Waals surface area contributed by atoms with E-state index in [0.717, 1.165) is 30.4 Å². The summed E-state index contributed by atoms with van der Waals surface area (Å²) in [6.07, 6.45) is 0. The first-order valence-electron chi connectivity index (χ1n) is 11.5. The summed E-state index contributed by atoms with van der Waals surface area (Å²) in [6.45, 7) is 5.86. The van der Waals surface area contributed by atoms with E-state index in [0.29, 0.717) is 58.6 Å². The van der Waals surface area contributed by atoms with Crippen LogP contribution in [-0.2, 0) is 20.8 Å². The van der Waals surface area contributed by atoms with E-state index in [1.165, 1.54) is 13.2 Å². The van der Waals surface area contributed by atoms with E-state index in [9.17, 15) is 14.4 Å². The molecule has 4 rings (SSSR count).